The summed E-state index contributed by atoms with van der Waals surface area (Å²) in [6, 6.07) is 11.5. The maximum absolute atomic E-state index is 13.6. The van der Waals surface area contributed by atoms with Crippen molar-refractivity contribution in [3.8, 4) is 5.75 Å². The summed E-state index contributed by atoms with van der Waals surface area (Å²) in [5.74, 6) is -2.28. The molecular formula is C22H19Cl2F3O4. The molecule has 31 heavy (non-hydrogen) atoms. The number of carbonyl (C=O) groups is 2. The standard InChI is InChI=1S/C22H19Cl2F3O4/c23-14-11-9-13(10-12-14)19(28)15-5-1-3-7-17(15)30-20(29)16-6-2-4-8-18(16)31-22(26,27)21(24)25/h2,4,6,8-12,15,17,21H,1,3,5,7H2. The van der Waals surface area contributed by atoms with Gasteiger partial charge in [-0.3, -0.25) is 4.79 Å². The van der Waals surface area contributed by atoms with Gasteiger partial charge in [-0.1, -0.05) is 41.8 Å². The normalized spacial score (nSPS) is 20.0. The quantitative estimate of drug-likeness (QED) is 0.263. The van der Waals surface area contributed by atoms with E-state index < -0.39 is 35.5 Å². The highest BCUT2D eigenvalue weighted by molar-refractivity contribution is 6.30. The number of ether oxygens (including phenoxy) is 2. The van der Waals surface area contributed by atoms with Crippen molar-refractivity contribution in [2.45, 2.75) is 43.5 Å². The summed E-state index contributed by atoms with van der Waals surface area (Å²) in [4.78, 5) is 25.7. The van der Waals surface area contributed by atoms with Crippen LogP contribution in [-0.4, -0.2) is 29.6 Å². The van der Waals surface area contributed by atoms with Crippen LogP contribution in [0.15, 0.2) is 48.5 Å². The van der Waals surface area contributed by atoms with Crippen LogP contribution in [0.1, 0.15) is 46.4 Å². The minimum Gasteiger partial charge on any atom is -0.458 e. The number of alkyl halides is 4. The second-order valence-corrected chi connectivity index (χ2v) is 7.99. The molecule has 9 heteroatoms. The SMILES string of the molecule is O=C(OC1CCCCC1C(=O)c1ccc(Cl)cc1)c1ccccc1OC(F)(F)C(F)Cl. The van der Waals surface area contributed by atoms with Gasteiger partial charge in [-0.25, -0.2) is 9.18 Å². The maximum Gasteiger partial charge on any atom is 0.444 e. The molecule has 4 nitrogen and oxygen atoms in total. The summed E-state index contributed by atoms with van der Waals surface area (Å²) in [5.41, 5.74) is -2.98. The summed E-state index contributed by atoms with van der Waals surface area (Å²) >= 11 is 10.7. The fourth-order valence-corrected chi connectivity index (χ4v) is 3.65. The first-order chi connectivity index (χ1) is 14.7. The summed E-state index contributed by atoms with van der Waals surface area (Å²) in [6.07, 6.45) is -2.57. The van der Waals surface area contributed by atoms with Crippen molar-refractivity contribution >= 4 is 35.0 Å². The van der Waals surface area contributed by atoms with E-state index in [2.05, 4.69) is 4.74 Å². The molecule has 1 fully saturated rings. The number of para-hydroxylation sites is 1. The number of hydrogen-bond acceptors (Lipinski definition) is 4. The topological polar surface area (TPSA) is 52.6 Å². The van der Waals surface area contributed by atoms with Gasteiger partial charge in [-0.15, -0.1) is 0 Å². The first-order valence-corrected chi connectivity index (χ1v) is 10.5. The smallest absolute Gasteiger partial charge is 0.444 e. The predicted molar refractivity (Wildman–Crippen MR) is 110 cm³/mol. The van der Waals surface area contributed by atoms with Crippen molar-refractivity contribution in [1.82, 2.24) is 0 Å². The fraction of sp³-hybridized carbons (Fsp3) is 0.364. The average Bonchev–Trinajstić information content (AvgIpc) is 2.74. The number of hydrogen-bond donors (Lipinski definition) is 0. The van der Waals surface area contributed by atoms with Gasteiger partial charge in [0.2, 0.25) is 0 Å². The first-order valence-electron chi connectivity index (χ1n) is 9.64. The van der Waals surface area contributed by atoms with Crippen LogP contribution in [0.5, 0.6) is 5.75 Å². The molecule has 3 unspecified atom stereocenters. The molecule has 0 spiro atoms. The number of Topliss-reactive ketones (excluding diaryl/α,β-unsaturated/α-hetero) is 1. The summed E-state index contributed by atoms with van der Waals surface area (Å²) in [5, 5.41) is 0.490. The molecule has 0 heterocycles. The zero-order valence-electron chi connectivity index (χ0n) is 16.2. The Morgan fingerprint density at radius 3 is 2.35 bits per heavy atom. The maximum atomic E-state index is 13.6. The monoisotopic (exact) mass is 474 g/mol. The van der Waals surface area contributed by atoms with Gasteiger partial charge in [-0.2, -0.15) is 8.78 Å². The van der Waals surface area contributed by atoms with Crippen LogP contribution < -0.4 is 4.74 Å². The number of carbonyl (C=O) groups excluding carboxylic acids is 2. The third-order valence-corrected chi connectivity index (χ3v) is 5.54. The molecule has 1 saturated carbocycles. The Morgan fingerprint density at radius 2 is 1.68 bits per heavy atom. The van der Waals surface area contributed by atoms with Crippen molar-refractivity contribution < 1.29 is 32.2 Å². The van der Waals surface area contributed by atoms with Gasteiger partial charge in [0.1, 0.15) is 17.4 Å². The molecule has 3 rings (SSSR count). The largest absolute Gasteiger partial charge is 0.458 e. The zero-order valence-corrected chi connectivity index (χ0v) is 17.7. The molecule has 0 saturated heterocycles. The molecule has 0 N–H and O–H groups in total. The lowest BCUT2D eigenvalue weighted by atomic mass is 9.81. The Morgan fingerprint density at radius 1 is 1.03 bits per heavy atom. The molecule has 0 aromatic heterocycles. The lowest BCUT2D eigenvalue weighted by molar-refractivity contribution is -0.199. The molecule has 0 bridgehead atoms. The molecular weight excluding hydrogens is 456 g/mol. The second kappa shape index (κ2) is 9.92. The minimum atomic E-state index is -4.34. The van der Waals surface area contributed by atoms with Crippen molar-refractivity contribution in [3.05, 3.63) is 64.7 Å². The summed E-state index contributed by atoms with van der Waals surface area (Å²) < 4.78 is 50.0. The zero-order chi connectivity index (χ0) is 22.6. The minimum absolute atomic E-state index is 0.187. The number of rotatable bonds is 7. The van der Waals surface area contributed by atoms with E-state index in [9.17, 15) is 22.8 Å². The lowest BCUT2D eigenvalue weighted by Gasteiger charge is -2.30. The third kappa shape index (κ3) is 5.71. The van der Waals surface area contributed by atoms with Crippen LogP contribution in [0.25, 0.3) is 0 Å². The van der Waals surface area contributed by atoms with Crippen molar-refractivity contribution in [2.24, 2.45) is 5.92 Å². The van der Waals surface area contributed by atoms with Gasteiger partial charge in [-0.05, 0) is 55.7 Å². The number of ketones is 1. The van der Waals surface area contributed by atoms with E-state index >= 15 is 0 Å². The highest BCUT2D eigenvalue weighted by Crippen LogP contribution is 2.34. The van der Waals surface area contributed by atoms with Gasteiger partial charge in [0.25, 0.3) is 5.63 Å². The Kier molecular flexibility index (Phi) is 7.49. The van der Waals surface area contributed by atoms with Crippen molar-refractivity contribution in [2.75, 3.05) is 0 Å². The molecule has 1 aliphatic carbocycles. The Bertz CT molecular complexity index is 935. The van der Waals surface area contributed by atoms with Gasteiger partial charge in [0, 0.05) is 10.6 Å². The predicted octanol–water partition coefficient (Wildman–Crippen LogP) is 6.44. The highest BCUT2D eigenvalue weighted by atomic mass is 35.5. The number of benzene rings is 2. The van der Waals surface area contributed by atoms with Crippen LogP contribution in [0.3, 0.4) is 0 Å². The van der Waals surface area contributed by atoms with E-state index in [0.717, 1.165) is 18.9 Å². The van der Waals surface area contributed by atoms with E-state index in [1.807, 2.05) is 0 Å². The molecule has 0 radical (unpaired) electrons. The fourth-order valence-electron chi connectivity index (χ4n) is 3.48. The number of esters is 1. The van der Waals surface area contributed by atoms with Crippen molar-refractivity contribution in [1.29, 1.82) is 0 Å². The molecule has 2 aromatic carbocycles. The molecule has 2 aromatic rings. The lowest BCUT2D eigenvalue weighted by Crippen LogP contribution is -2.36. The van der Waals surface area contributed by atoms with E-state index in [-0.39, 0.29) is 11.3 Å². The Balaban J connectivity index is 1.78. The summed E-state index contributed by atoms with van der Waals surface area (Å²) in [6.45, 7) is 0. The van der Waals surface area contributed by atoms with Crippen LogP contribution in [0.2, 0.25) is 5.02 Å². The van der Waals surface area contributed by atoms with Gasteiger partial charge in [0.15, 0.2) is 5.78 Å². The van der Waals surface area contributed by atoms with E-state index in [1.165, 1.54) is 18.2 Å². The van der Waals surface area contributed by atoms with Gasteiger partial charge < -0.3 is 9.47 Å². The van der Waals surface area contributed by atoms with Gasteiger partial charge in [0.05, 0.1) is 5.92 Å². The molecule has 0 amide bonds. The van der Waals surface area contributed by atoms with Crippen LogP contribution in [0, 0.1) is 5.92 Å². The van der Waals surface area contributed by atoms with E-state index in [1.54, 1.807) is 24.3 Å². The second-order valence-electron chi connectivity index (χ2n) is 7.17. The van der Waals surface area contributed by atoms with Crippen molar-refractivity contribution in [3.63, 3.8) is 0 Å². The first kappa shape index (κ1) is 23.4. The van der Waals surface area contributed by atoms with Crippen LogP contribution in [-0.2, 0) is 4.74 Å². The molecule has 166 valence electrons. The summed E-state index contributed by atoms with van der Waals surface area (Å²) in [7, 11) is 0. The molecule has 0 aliphatic heterocycles. The third-order valence-electron chi connectivity index (χ3n) is 5.03. The van der Waals surface area contributed by atoms with E-state index in [4.69, 9.17) is 27.9 Å². The Hall–Kier alpha value is -2.25. The van der Waals surface area contributed by atoms with E-state index in [0.29, 0.717) is 23.4 Å². The Labute approximate surface area is 187 Å². The highest BCUT2D eigenvalue weighted by Gasteiger charge is 2.43. The van der Waals surface area contributed by atoms with Crippen LogP contribution in [0.4, 0.5) is 13.2 Å². The number of halogens is 5. The van der Waals surface area contributed by atoms with Crippen LogP contribution >= 0.6 is 23.2 Å². The average molecular weight is 475 g/mol. The molecule has 3 atom stereocenters. The molecule has 1 aliphatic rings. The van der Waals surface area contributed by atoms with Gasteiger partial charge >= 0.3 is 12.1 Å².